The molecule has 0 radical (unpaired) electrons. The fourth-order valence-corrected chi connectivity index (χ4v) is 2.11. The fourth-order valence-electron chi connectivity index (χ4n) is 2.11. The van der Waals surface area contributed by atoms with Crippen LogP contribution in [0.1, 0.15) is 35.2 Å². The summed E-state index contributed by atoms with van der Waals surface area (Å²) in [6, 6.07) is 1.42. The maximum atomic E-state index is 13.7. The lowest BCUT2D eigenvalue weighted by Crippen LogP contribution is -2.33. The number of carboxylic acid groups (broad SMARTS) is 1. The number of carbonyl (C=O) groups excluding carboxylic acids is 1. The molecule has 0 spiro atoms. The highest BCUT2D eigenvalue weighted by Crippen LogP contribution is 2.46. The first-order chi connectivity index (χ1) is 8.50. The molecule has 0 saturated heterocycles. The zero-order chi connectivity index (χ0) is 13.3. The van der Waals surface area contributed by atoms with Crippen LogP contribution in [-0.2, 0) is 10.3 Å². The van der Waals surface area contributed by atoms with Gasteiger partial charge in [0.05, 0.1) is 5.56 Å². The Labute approximate surface area is 101 Å². The Morgan fingerprint density at radius 2 is 2.00 bits per heavy atom. The van der Waals surface area contributed by atoms with Gasteiger partial charge in [0.1, 0.15) is 17.2 Å². The van der Waals surface area contributed by atoms with E-state index in [-0.39, 0.29) is 5.56 Å². The second-order valence-corrected chi connectivity index (χ2v) is 4.21. The molecule has 1 aromatic carbocycles. The van der Waals surface area contributed by atoms with E-state index >= 15 is 0 Å². The van der Waals surface area contributed by atoms with E-state index < -0.39 is 28.7 Å². The summed E-state index contributed by atoms with van der Waals surface area (Å²) in [5.74, 6) is -3.53. The molecule has 4 nitrogen and oxygen atoms in total. The van der Waals surface area contributed by atoms with E-state index in [9.17, 15) is 18.4 Å². The standard InChI is InChI=1S/C12H9F2NO3/c13-9-5-10(14)8(4-7(9)11(17)18)12(15-6-16)2-1-3-12/h4-5H,1-3H2,(H,17,18). The minimum atomic E-state index is -1.49. The molecule has 1 N–H and O–H groups in total. The van der Waals surface area contributed by atoms with Gasteiger partial charge in [-0.05, 0) is 25.3 Å². The lowest BCUT2D eigenvalue weighted by molar-refractivity contribution is 0.0691. The number of rotatable bonds is 3. The van der Waals surface area contributed by atoms with E-state index in [1.165, 1.54) is 6.08 Å². The van der Waals surface area contributed by atoms with Crippen LogP contribution in [0.25, 0.3) is 0 Å². The van der Waals surface area contributed by atoms with Crippen LogP contribution in [-0.4, -0.2) is 17.2 Å². The monoisotopic (exact) mass is 253 g/mol. The van der Waals surface area contributed by atoms with Crippen molar-refractivity contribution in [2.75, 3.05) is 0 Å². The highest BCUT2D eigenvalue weighted by atomic mass is 19.1. The van der Waals surface area contributed by atoms with Gasteiger partial charge in [-0.3, -0.25) is 0 Å². The van der Waals surface area contributed by atoms with E-state index in [2.05, 4.69) is 4.99 Å². The number of isocyanates is 1. The molecular formula is C12H9F2NO3. The van der Waals surface area contributed by atoms with Gasteiger partial charge in [-0.25, -0.2) is 18.4 Å². The van der Waals surface area contributed by atoms with Crippen molar-refractivity contribution in [1.82, 2.24) is 0 Å². The van der Waals surface area contributed by atoms with E-state index in [1.807, 2.05) is 0 Å². The highest BCUT2D eigenvalue weighted by molar-refractivity contribution is 5.88. The van der Waals surface area contributed by atoms with Crippen LogP contribution in [0.5, 0.6) is 0 Å². The molecule has 1 fully saturated rings. The van der Waals surface area contributed by atoms with Crippen molar-refractivity contribution in [3.05, 3.63) is 34.9 Å². The third-order valence-electron chi connectivity index (χ3n) is 3.23. The number of hydrogen-bond acceptors (Lipinski definition) is 3. The van der Waals surface area contributed by atoms with Crippen LogP contribution in [0.15, 0.2) is 17.1 Å². The molecule has 0 atom stereocenters. The molecule has 0 unspecified atom stereocenters. The van der Waals surface area contributed by atoms with Gasteiger partial charge in [-0.15, -0.1) is 0 Å². The smallest absolute Gasteiger partial charge is 0.338 e. The summed E-state index contributed by atoms with van der Waals surface area (Å²) in [7, 11) is 0. The predicted octanol–water partition coefficient (Wildman–Crippen LogP) is 2.38. The molecule has 1 aromatic rings. The van der Waals surface area contributed by atoms with E-state index in [1.54, 1.807) is 0 Å². The lowest BCUT2D eigenvalue weighted by atomic mass is 9.72. The molecule has 6 heteroatoms. The molecule has 0 aliphatic heterocycles. The summed E-state index contributed by atoms with van der Waals surface area (Å²) in [6.07, 6.45) is 2.95. The lowest BCUT2D eigenvalue weighted by Gasteiger charge is -2.37. The normalized spacial score (nSPS) is 16.6. The van der Waals surface area contributed by atoms with Crippen molar-refractivity contribution in [3.63, 3.8) is 0 Å². The van der Waals surface area contributed by atoms with Gasteiger partial charge in [-0.2, -0.15) is 4.99 Å². The van der Waals surface area contributed by atoms with Gasteiger partial charge in [0.15, 0.2) is 0 Å². The van der Waals surface area contributed by atoms with Crippen LogP contribution in [0, 0.1) is 11.6 Å². The Balaban J connectivity index is 2.60. The van der Waals surface area contributed by atoms with Crippen molar-refractivity contribution in [2.45, 2.75) is 24.8 Å². The van der Waals surface area contributed by atoms with Gasteiger partial charge >= 0.3 is 5.97 Å². The van der Waals surface area contributed by atoms with Crippen molar-refractivity contribution in [3.8, 4) is 0 Å². The number of halogens is 2. The zero-order valence-electron chi connectivity index (χ0n) is 9.24. The maximum absolute atomic E-state index is 13.7. The largest absolute Gasteiger partial charge is 0.478 e. The Morgan fingerprint density at radius 1 is 1.33 bits per heavy atom. The molecule has 0 aromatic heterocycles. The summed E-state index contributed by atoms with van der Waals surface area (Å²) in [6.45, 7) is 0. The van der Waals surface area contributed by atoms with Gasteiger partial charge in [0.2, 0.25) is 6.08 Å². The van der Waals surface area contributed by atoms with Crippen molar-refractivity contribution in [1.29, 1.82) is 0 Å². The quantitative estimate of drug-likeness (QED) is 0.664. The molecule has 2 rings (SSSR count). The first-order valence-corrected chi connectivity index (χ1v) is 5.32. The topological polar surface area (TPSA) is 66.7 Å². The van der Waals surface area contributed by atoms with E-state index in [0.717, 1.165) is 12.5 Å². The van der Waals surface area contributed by atoms with Crippen molar-refractivity contribution in [2.24, 2.45) is 4.99 Å². The van der Waals surface area contributed by atoms with Gasteiger partial charge in [-0.1, -0.05) is 0 Å². The number of carbonyl (C=O) groups is 1. The van der Waals surface area contributed by atoms with Gasteiger partial charge in [0.25, 0.3) is 0 Å². The first kappa shape index (κ1) is 12.4. The molecule has 1 saturated carbocycles. The summed E-state index contributed by atoms with van der Waals surface area (Å²) < 4.78 is 27.0. The number of aliphatic imine (C=N–C) groups is 1. The molecule has 0 amide bonds. The summed E-state index contributed by atoms with van der Waals surface area (Å²) in [5.41, 5.74) is -1.77. The second-order valence-electron chi connectivity index (χ2n) is 4.21. The Morgan fingerprint density at radius 3 is 2.44 bits per heavy atom. The zero-order valence-corrected chi connectivity index (χ0v) is 9.24. The van der Waals surface area contributed by atoms with E-state index in [4.69, 9.17) is 5.11 Å². The van der Waals surface area contributed by atoms with Crippen LogP contribution in [0.4, 0.5) is 8.78 Å². The SMILES string of the molecule is O=C=NC1(c2cc(C(=O)O)c(F)cc2F)CCC1. The Kier molecular flexibility index (Phi) is 2.97. The molecule has 1 aliphatic carbocycles. The molecule has 0 bridgehead atoms. The van der Waals surface area contributed by atoms with E-state index in [0.29, 0.717) is 18.9 Å². The van der Waals surface area contributed by atoms with Gasteiger partial charge in [0, 0.05) is 11.6 Å². The summed E-state index contributed by atoms with van der Waals surface area (Å²) >= 11 is 0. The summed E-state index contributed by atoms with van der Waals surface area (Å²) in [4.78, 5) is 24.7. The molecule has 18 heavy (non-hydrogen) atoms. The maximum Gasteiger partial charge on any atom is 0.338 e. The van der Waals surface area contributed by atoms with Crippen LogP contribution < -0.4 is 0 Å². The second kappa shape index (κ2) is 4.31. The van der Waals surface area contributed by atoms with Crippen molar-refractivity contribution < 1.29 is 23.5 Å². The summed E-state index contributed by atoms with van der Waals surface area (Å²) in [5, 5.41) is 8.80. The third-order valence-corrected chi connectivity index (χ3v) is 3.23. The molecular weight excluding hydrogens is 244 g/mol. The van der Waals surface area contributed by atoms with Crippen molar-refractivity contribution >= 4 is 12.0 Å². The number of aromatic carboxylic acids is 1. The minimum Gasteiger partial charge on any atom is -0.478 e. The third kappa shape index (κ3) is 1.80. The minimum absolute atomic E-state index is 0.0594. The van der Waals surface area contributed by atoms with Crippen LogP contribution >= 0.6 is 0 Å². The molecule has 1 aliphatic rings. The molecule has 94 valence electrons. The van der Waals surface area contributed by atoms with Crippen LogP contribution in [0.3, 0.4) is 0 Å². The predicted molar refractivity (Wildman–Crippen MR) is 57.0 cm³/mol. The fraction of sp³-hybridized carbons (Fsp3) is 0.333. The number of benzene rings is 1. The van der Waals surface area contributed by atoms with Crippen LogP contribution in [0.2, 0.25) is 0 Å². The average Bonchev–Trinajstić information content (AvgIpc) is 2.24. The van der Waals surface area contributed by atoms with Gasteiger partial charge < -0.3 is 5.11 Å². The number of carboxylic acids is 1. The average molecular weight is 253 g/mol. The Hall–Kier alpha value is -2.07. The highest BCUT2D eigenvalue weighted by Gasteiger charge is 2.41. The Bertz CT molecular complexity index is 561. The number of hydrogen-bond donors (Lipinski definition) is 1. The molecule has 0 heterocycles. The number of nitrogens with zero attached hydrogens (tertiary/aromatic N) is 1. The first-order valence-electron chi connectivity index (χ1n) is 5.32.